The number of piperidine rings is 1. The second-order valence-corrected chi connectivity index (χ2v) is 9.60. The lowest BCUT2D eigenvalue weighted by Crippen LogP contribution is -2.41. The summed E-state index contributed by atoms with van der Waals surface area (Å²) >= 11 is 0. The van der Waals surface area contributed by atoms with Gasteiger partial charge in [-0.05, 0) is 49.4 Å². The molecule has 0 radical (unpaired) electrons. The molecule has 0 spiro atoms. The van der Waals surface area contributed by atoms with Gasteiger partial charge in [-0.25, -0.2) is 0 Å². The van der Waals surface area contributed by atoms with Gasteiger partial charge < -0.3 is 24.7 Å². The molecule has 0 bridgehead atoms. The van der Waals surface area contributed by atoms with E-state index in [1.54, 1.807) is 11.8 Å². The Balaban J connectivity index is 0.00000106. The number of guanidine groups is 1. The van der Waals surface area contributed by atoms with Gasteiger partial charge in [-0.15, -0.1) is 0 Å². The number of nitrogens with one attached hydrogen (secondary N) is 1. The summed E-state index contributed by atoms with van der Waals surface area (Å²) in [5, 5.41) is 15.0. The number of nitrogens with zero attached hydrogens (tertiary/aromatic N) is 1. The smallest absolute Gasteiger partial charge is 0.417 e. The van der Waals surface area contributed by atoms with Crippen LogP contribution in [0.3, 0.4) is 0 Å². The van der Waals surface area contributed by atoms with Crippen molar-refractivity contribution in [1.82, 2.24) is 4.90 Å². The molecule has 1 aliphatic rings. The van der Waals surface area contributed by atoms with Gasteiger partial charge >= 0.3 is 16.3 Å². The van der Waals surface area contributed by atoms with E-state index in [-0.39, 0.29) is 23.4 Å². The lowest BCUT2D eigenvalue weighted by atomic mass is 9.88. The zero-order valence-electron chi connectivity index (χ0n) is 19.9. The summed E-state index contributed by atoms with van der Waals surface area (Å²) in [7, 11) is -3.45. The van der Waals surface area contributed by atoms with E-state index in [4.69, 9.17) is 30.0 Å². The number of carboxylic acid groups (broad SMARTS) is 1. The van der Waals surface area contributed by atoms with Crippen molar-refractivity contribution in [1.29, 1.82) is 5.41 Å². The van der Waals surface area contributed by atoms with Gasteiger partial charge in [0, 0.05) is 25.6 Å². The number of nitrogens with two attached hydrogens (primary N) is 1. The first-order valence-electron chi connectivity index (χ1n) is 10.7. The Bertz CT molecular complexity index is 1210. The van der Waals surface area contributed by atoms with Crippen molar-refractivity contribution in [3.05, 3.63) is 53.1 Å². The largest absolute Gasteiger partial charge is 0.492 e. The van der Waals surface area contributed by atoms with Gasteiger partial charge in [-0.3, -0.25) is 10.2 Å². The minimum absolute atomic E-state index is 0.0156. The van der Waals surface area contributed by atoms with Crippen LogP contribution >= 0.6 is 0 Å². The monoisotopic (exact) mass is 531 g/mol. The molecule has 2 aromatic carbocycles. The Morgan fingerprint density at radius 2 is 1.75 bits per heavy atom. The van der Waals surface area contributed by atoms with E-state index < -0.39 is 32.7 Å². The van der Waals surface area contributed by atoms with E-state index >= 15 is 0 Å². The molecule has 0 unspecified atom stereocenters. The molecule has 3 rings (SSSR count). The van der Waals surface area contributed by atoms with E-state index in [0.717, 1.165) is 19.1 Å². The summed E-state index contributed by atoms with van der Waals surface area (Å²) in [4.78, 5) is 9.77. The van der Waals surface area contributed by atoms with E-state index in [1.165, 1.54) is 19.2 Å². The summed E-state index contributed by atoms with van der Waals surface area (Å²) in [5.41, 5.74) is 5.61. The number of ether oxygens (including phenoxy) is 1. The predicted molar refractivity (Wildman–Crippen MR) is 126 cm³/mol. The summed E-state index contributed by atoms with van der Waals surface area (Å²) in [6, 6.07) is 7.13. The zero-order chi connectivity index (χ0) is 27.3. The third-order valence-corrected chi connectivity index (χ3v) is 6.66. The highest BCUT2D eigenvalue weighted by molar-refractivity contribution is 7.87. The molecule has 2 aromatic rings. The number of alkyl halides is 3. The third kappa shape index (κ3) is 7.26. The summed E-state index contributed by atoms with van der Waals surface area (Å²) in [6.07, 6.45) is -3.58. The number of methoxy groups -OCH3 is 1. The van der Waals surface area contributed by atoms with Gasteiger partial charge in [0.1, 0.15) is 4.90 Å². The highest BCUT2D eigenvalue weighted by atomic mass is 32.2. The number of hydrogen-bond acceptors (Lipinski definition) is 6. The standard InChI is InChI=1S/C21H24F3N3O4S.C2H4O2/c1-13-11-15(14-7-9-27(10-8-14)20(25)26)19(30-2)17(12-13)31-32(28,29)18-6-4-3-5-16(18)21(22,23)24;1-2(3)4/h3-6,11-12,14H,7-10H2,1-2H3,(H3,25,26);1H3,(H,3,4). The van der Waals surface area contributed by atoms with Crippen molar-refractivity contribution in [2.45, 2.75) is 43.7 Å². The van der Waals surface area contributed by atoms with E-state index in [9.17, 15) is 21.6 Å². The zero-order valence-corrected chi connectivity index (χ0v) is 20.7. The van der Waals surface area contributed by atoms with Crippen LogP contribution in [-0.4, -0.2) is 50.6 Å². The lowest BCUT2D eigenvalue weighted by molar-refractivity contribution is -0.140. The molecule has 1 aliphatic heterocycles. The quantitative estimate of drug-likeness (QED) is 0.299. The van der Waals surface area contributed by atoms with Gasteiger partial charge in [-0.2, -0.15) is 21.6 Å². The molecule has 198 valence electrons. The molecule has 13 heteroatoms. The second kappa shape index (κ2) is 11.5. The summed E-state index contributed by atoms with van der Waals surface area (Å²) in [6.45, 7) is 3.91. The summed E-state index contributed by atoms with van der Waals surface area (Å²) < 4.78 is 76.4. The summed E-state index contributed by atoms with van der Waals surface area (Å²) in [5.74, 6) is -0.885. The lowest BCUT2D eigenvalue weighted by Gasteiger charge is -2.33. The number of carbonyl (C=O) groups is 1. The van der Waals surface area contributed by atoms with Gasteiger partial charge in [-0.1, -0.05) is 18.2 Å². The number of benzene rings is 2. The van der Waals surface area contributed by atoms with Crippen molar-refractivity contribution >= 4 is 22.0 Å². The Hall–Kier alpha value is -3.48. The van der Waals surface area contributed by atoms with Crippen LogP contribution in [0.4, 0.5) is 13.2 Å². The number of likely N-dealkylation sites (tertiary alicyclic amines) is 1. The first kappa shape index (κ1) is 28.8. The van der Waals surface area contributed by atoms with Crippen molar-refractivity contribution in [2.24, 2.45) is 5.73 Å². The van der Waals surface area contributed by atoms with Gasteiger partial charge in [0.25, 0.3) is 5.97 Å². The molecule has 0 saturated carbocycles. The fourth-order valence-electron chi connectivity index (χ4n) is 3.86. The van der Waals surface area contributed by atoms with Gasteiger partial charge in [0.2, 0.25) is 0 Å². The van der Waals surface area contributed by atoms with Crippen LogP contribution in [-0.2, 0) is 21.1 Å². The molecule has 1 heterocycles. The number of aryl methyl sites for hydroxylation is 1. The Morgan fingerprint density at radius 3 is 2.25 bits per heavy atom. The second-order valence-electron chi connectivity index (χ2n) is 8.08. The van der Waals surface area contributed by atoms with Crippen LogP contribution in [0.1, 0.15) is 42.4 Å². The Kier molecular flexibility index (Phi) is 9.19. The number of halogens is 3. The van der Waals surface area contributed by atoms with E-state index in [2.05, 4.69) is 0 Å². The topological polar surface area (TPSA) is 143 Å². The third-order valence-electron chi connectivity index (χ3n) is 5.37. The number of aliphatic carboxylic acids is 1. The Labute approximate surface area is 207 Å². The van der Waals surface area contributed by atoms with Crippen LogP contribution < -0.4 is 14.7 Å². The van der Waals surface area contributed by atoms with Gasteiger partial charge in [0.15, 0.2) is 17.5 Å². The highest BCUT2D eigenvalue weighted by Crippen LogP contribution is 2.42. The molecular formula is C23H28F3N3O6S. The molecule has 4 N–H and O–H groups in total. The van der Waals surface area contributed by atoms with Crippen LogP contribution in [0.15, 0.2) is 41.3 Å². The molecule has 1 fully saturated rings. The molecule has 36 heavy (non-hydrogen) atoms. The van der Waals surface area contributed by atoms with E-state index in [0.29, 0.717) is 43.1 Å². The highest BCUT2D eigenvalue weighted by Gasteiger charge is 2.38. The molecule has 0 atom stereocenters. The van der Waals surface area contributed by atoms with Crippen LogP contribution in [0.2, 0.25) is 0 Å². The molecule has 0 aliphatic carbocycles. The minimum Gasteiger partial charge on any atom is -0.492 e. The first-order chi connectivity index (χ1) is 16.7. The number of hydrogen-bond donors (Lipinski definition) is 3. The average molecular weight is 532 g/mol. The fraction of sp³-hybridized carbons (Fsp3) is 0.391. The number of rotatable bonds is 5. The Morgan fingerprint density at radius 1 is 1.19 bits per heavy atom. The van der Waals surface area contributed by atoms with Crippen LogP contribution in [0, 0.1) is 12.3 Å². The van der Waals surface area contributed by atoms with E-state index in [1.807, 2.05) is 6.07 Å². The fourth-order valence-corrected chi connectivity index (χ4v) is 5.01. The first-order valence-corrected chi connectivity index (χ1v) is 12.2. The van der Waals surface area contributed by atoms with Crippen LogP contribution in [0.25, 0.3) is 0 Å². The molecular weight excluding hydrogens is 503 g/mol. The molecule has 0 aromatic heterocycles. The van der Waals surface area contributed by atoms with Crippen molar-refractivity contribution in [2.75, 3.05) is 20.2 Å². The molecule has 0 amide bonds. The maximum Gasteiger partial charge on any atom is 0.417 e. The number of carboxylic acids is 1. The van der Waals surface area contributed by atoms with Crippen LogP contribution in [0.5, 0.6) is 11.5 Å². The minimum atomic E-state index is -4.86. The predicted octanol–water partition coefficient (Wildman–Crippen LogP) is 3.95. The maximum atomic E-state index is 13.3. The average Bonchev–Trinajstić information content (AvgIpc) is 2.77. The van der Waals surface area contributed by atoms with Crippen molar-refractivity contribution < 1.29 is 40.4 Å². The SMILES string of the molecule is CC(=O)O.COc1c(OS(=O)(=O)c2ccccc2C(F)(F)F)cc(C)cc1C1CCN(C(=N)N)CC1. The van der Waals surface area contributed by atoms with Gasteiger partial charge in [0.05, 0.1) is 12.7 Å². The normalized spacial score (nSPS) is 14.4. The molecule has 1 saturated heterocycles. The maximum absolute atomic E-state index is 13.3. The molecule has 9 nitrogen and oxygen atoms in total. The van der Waals surface area contributed by atoms with Crippen molar-refractivity contribution in [3.63, 3.8) is 0 Å². The van der Waals surface area contributed by atoms with Crippen molar-refractivity contribution in [3.8, 4) is 11.5 Å².